The van der Waals surface area contributed by atoms with Crippen molar-refractivity contribution in [3.63, 3.8) is 0 Å². The maximum Gasteiger partial charge on any atom is 0.185 e. The summed E-state index contributed by atoms with van der Waals surface area (Å²) >= 11 is 3.30. The fourth-order valence-corrected chi connectivity index (χ4v) is 3.14. The molecule has 2 heterocycles. The SMILES string of the molecule is CC(=O)SCC1CN(C2=NCCS2)C1. The monoisotopic (exact) mass is 230 g/mol. The summed E-state index contributed by atoms with van der Waals surface area (Å²) < 4.78 is 0. The Morgan fingerprint density at radius 1 is 1.71 bits per heavy atom. The van der Waals surface area contributed by atoms with Crippen molar-refractivity contribution >= 4 is 33.8 Å². The molecule has 0 aromatic heterocycles. The summed E-state index contributed by atoms with van der Waals surface area (Å²) in [6.45, 7) is 4.79. The Morgan fingerprint density at radius 2 is 2.50 bits per heavy atom. The zero-order chi connectivity index (χ0) is 9.97. The molecule has 2 aliphatic rings. The molecule has 0 radical (unpaired) electrons. The van der Waals surface area contributed by atoms with E-state index >= 15 is 0 Å². The van der Waals surface area contributed by atoms with Gasteiger partial charge in [0, 0.05) is 37.4 Å². The Labute approximate surface area is 92.7 Å². The first kappa shape index (κ1) is 10.4. The van der Waals surface area contributed by atoms with Crippen LogP contribution in [0.3, 0.4) is 0 Å². The van der Waals surface area contributed by atoms with Gasteiger partial charge in [0.25, 0.3) is 0 Å². The van der Waals surface area contributed by atoms with Gasteiger partial charge in [-0.15, -0.1) is 0 Å². The predicted molar refractivity (Wildman–Crippen MR) is 63.0 cm³/mol. The van der Waals surface area contributed by atoms with Gasteiger partial charge in [0.15, 0.2) is 10.3 Å². The number of thioether (sulfide) groups is 2. The Bertz CT molecular complexity index is 262. The van der Waals surface area contributed by atoms with E-state index in [1.54, 1.807) is 6.92 Å². The largest absolute Gasteiger partial charge is 0.351 e. The van der Waals surface area contributed by atoms with Gasteiger partial charge < -0.3 is 4.90 Å². The minimum absolute atomic E-state index is 0.232. The summed E-state index contributed by atoms with van der Waals surface area (Å²) in [4.78, 5) is 17.5. The van der Waals surface area contributed by atoms with Gasteiger partial charge in [0.2, 0.25) is 0 Å². The molecule has 0 aliphatic carbocycles. The Kier molecular flexibility index (Phi) is 3.38. The highest BCUT2D eigenvalue weighted by atomic mass is 32.2. The van der Waals surface area contributed by atoms with Crippen molar-refractivity contribution in [2.24, 2.45) is 10.9 Å². The number of aliphatic imine (C=N–C) groups is 1. The maximum atomic E-state index is 10.7. The zero-order valence-electron chi connectivity index (χ0n) is 8.23. The molecule has 5 heteroatoms. The Balaban J connectivity index is 1.66. The van der Waals surface area contributed by atoms with Gasteiger partial charge in [-0.25, -0.2) is 0 Å². The van der Waals surface area contributed by atoms with Gasteiger partial charge in [0.05, 0.1) is 6.54 Å². The number of hydrogen-bond donors (Lipinski definition) is 0. The van der Waals surface area contributed by atoms with Gasteiger partial charge in [-0.05, 0) is 0 Å². The van der Waals surface area contributed by atoms with E-state index in [0.717, 1.165) is 31.1 Å². The third kappa shape index (κ3) is 2.45. The van der Waals surface area contributed by atoms with Gasteiger partial charge in [0.1, 0.15) is 0 Å². The molecule has 2 aliphatic heterocycles. The quantitative estimate of drug-likeness (QED) is 0.716. The van der Waals surface area contributed by atoms with Gasteiger partial charge in [-0.1, -0.05) is 23.5 Å². The summed E-state index contributed by atoms with van der Waals surface area (Å²) in [5.74, 6) is 2.80. The van der Waals surface area contributed by atoms with Crippen LogP contribution in [0, 0.1) is 5.92 Å². The summed E-state index contributed by atoms with van der Waals surface area (Å²) in [5.41, 5.74) is 0. The van der Waals surface area contributed by atoms with Crippen molar-refractivity contribution in [3.8, 4) is 0 Å². The van der Waals surface area contributed by atoms with E-state index in [9.17, 15) is 4.79 Å². The zero-order valence-corrected chi connectivity index (χ0v) is 9.87. The van der Waals surface area contributed by atoms with E-state index in [0.29, 0.717) is 5.92 Å². The summed E-state index contributed by atoms with van der Waals surface area (Å²) in [6.07, 6.45) is 0. The highest BCUT2D eigenvalue weighted by molar-refractivity contribution is 8.14. The maximum absolute atomic E-state index is 10.7. The minimum Gasteiger partial charge on any atom is -0.351 e. The smallest absolute Gasteiger partial charge is 0.185 e. The van der Waals surface area contributed by atoms with E-state index in [1.807, 2.05) is 11.8 Å². The van der Waals surface area contributed by atoms with E-state index < -0.39 is 0 Å². The predicted octanol–water partition coefficient (Wildman–Crippen LogP) is 1.30. The van der Waals surface area contributed by atoms with Crippen LogP contribution >= 0.6 is 23.5 Å². The molecule has 1 fully saturated rings. The average Bonchev–Trinajstić information content (AvgIpc) is 2.53. The van der Waals surface area contributed by atoms with Crippen molar-refractivity contribution in [2.75, 3.05) is 31.1 Å². The van der Waals surface area contributed by atoms with E-state index in [1.165, 1.54) is 16.9 Å². The lowest BCUT2D eigenvalue weighted by molar-refractivity contribution is -0.109. The number of rotatable bonds is 2. The normalized spacial score (nSPS) is 22.1. The standard InChI is InChI=1S/C9H14N2OS2/c1-7(12)14-6-8-4-11(5-8)9-10-2-3-13-9/h8H,2-6H2,1H3. The molecule has 0 amide bonds. The lowest BCUT2D eigenvalue weighted by Gasteiger charge is -2.40. The van der Waals surface area contributed by atoms with Crippen LogP contribution in [0.4, 0.5) is 0 Å². The summed E-state index contributed by atoms with van der Waals surface area (Å²) in [5, 5.41) is 1.45. The van der Waals surface area contributed by atoms with Crippen molar-refractivity contribution < 1.29 is 4.79 Å². The number of carbonyl (C=O) groups is 1. The first-order valence-electron chi connectivity index (χ1n) is 4.81. The van der Waals surface area contributed by atoms with Crippen LogP contribution in [0.5, 0.6) is 0 Å². The number of nitrogens with zero attached hydrogens (tertiary/aromatic N) is 2. The fourth-order valence-electron chi connectivity index (χ4n) is 1.58. The number of carbonyl (C=O) groups excluding carboxylic acids is 1. The van der Waals surface area contributed by atoms with Crippen molar-refractivity contribution in [1.82, 2.24) is 4.90 Å². The highest BCUT2D eigenvalue weighted by Crippen LogP contribution is 2.26. The number of hydrogen-bond acceptors (Lipinski definition) is 5. The topological polar surface area (TPSA) is 32.7 Å². The highest BCUT2D eigenvalue weighted by Gasteiger charge is 2.30. The molecular weight excluding hydrogens is 216 g/mol. The molecule has 0 N–H and O–H groups in total. The van der Waals surface area contributed by atoms with Gasteiger partial charge in [-0.2, -0.15) is 0 Å². The molecule has 0 unspecified atom stereocenters. The first-order chi connectivity index (χ1) is 6.75. The molecule has 0 aromatic rings. The average molecular weight is 230 g/mol. The number of amidine groups is 1. The van der Waals surface area contributed by atoms with Crippen LogP contribution in [0.15, 0.2) is 4.99 Å². The Hall–Kier alpha value is -0.160. The molecule has 2 rings (SSSR count). The fraction of sp³-hybridized carbons (Fsp3) is 0.778. The van der Waals surface area contributed by atoms with Crippen LogP contribution in [0.2, 0.25) is 0 Å². The third-order valence-corrected chi connectivity index (χ3v) is 4.40. The molecule has 0 aromatic carbocycles. The molecule has 78 valence electrons. The molecule has 3 nitrogen and oxygen atoms in total. The van der Waals surface area contributed by atoms with E-state index in [-0.39, 0.29) is 5.12 Å². The van der Waals surface area contributed by atoms with Crippen LogP contribution in [0.1, 0.15) is 6.92 Å². The van der Waals surface area contributed by atoms with E-state index in [2.05, 4.69) is 9.89 Å². The molecule has 0 bridgehead atoms. The molecule has 1 saturated heterocycles. The van der Waals surface area contributed by atoms with Crippen molar-refractivity contribution in [3.05, 3.63) is 0 Å². The number of likely N-dealkylation sites (tertiary alicyclic amines) is 1. The summed E-state index contributed by atoms with van der Waals surface area (Å²) in [7, 11) is 0. The molecule has 14 heavy (non-hydrogen) atoms. The molecule has 0 saturated carbocycles. The minimum atomic E-state index is 0.232. The second-order valence-electron chi connectivity index (χ2n) is 3.59. The van der Waals surface area contributed by atoms with Gasteiger partial charge in [-0.3, -0.25) is 9.79 Å². The molecule has 0 spiro atoms. The lowest BCUT2D eigenvalue weighted by Crippen LogP contribution is -2.49. The molecule has 0 atom stereocenters. The van der Waals surface area contributed by atoms with Crippen molar-refractivity contribution in [1.29, 1.82) is 0 Å². The first-order valence-corrected chi connectivity index (χ1v) is 6.78. The van der Waals surface area contributed by atoms with Crippen LogP contribution in [-0.2, 0) is 4.79 Å². The third-order valence-electron chi connectivity index (χ3n) is 2.32. The van der Waals surface area contributed by atoms with Crippen molar-refractivity contribution in [2.45, 2.75) is 6.92 Å². The Morgan fingerprint density at radius 3 is 3.07 bits per heavy atom. The van der Waals surface area contributed by atoms with E-state index in [4.69, 9.17) is 0 Å². The summed E-state index contributed by atoms with van der Waals surface area (Å²) in [6, 6.07) is 0. The second kappa shape index (κ2) is 4.57. The lowest BCUT2D eigenvalue weighted by atomic mass is 10.0. The van der Waals surface area contributed by atoms with Gasteiger partial charge >= 0.3 is 0 Å². The van der Waals surface area contributed by atoms with Crippen LogP contribution < -0.4 is 0 Å². The van der Waals surface area contributed by atoms with Crippen LogP contribution in [-0.4, -0.2) is 46.3 Å². The van der Waals surface area contributed by atoms with Crippen LogP contribution in [0.25, 0.3) is 0 Å². The second-order valence-corrected chi connectivity index (χ2v) is 5.85. The molecular formula is C9H14N2OS2.